The molecule has 1 aliphatic carbocycles. The third-order valence-corrected chi connectivity index (χ3v) is 7.72. The van der Waals surface area contributed by atoms with Crippen molar-refractivity contribution in [3.63, 3.8) is 0 Å². The average molecular weight is 515 g/mol. The minimum atomic E-state index is 0.410. The molecule has 1 N–H and O–H groups in total. The Balaban J connectivity index is 1.44. The second-order valence-corrected chi connectivity index (χ2v) is 9.97. The van der Waals surface area contributed by atoms with Gasteiger partial charge in [-0.2, -0.15) is 9.97 Å². The molecule has 2 aliphatic rings. The smallest absolute Gasteiger partial charge is 0.229 e. The summed E-state index contributed by atoms with van der Waals surface area (Å²) in [6.45, 7) is 1.65. The lowest BCUT2D eigenvalue weighted by Crippen LogP contribution is -2.32. The monoisotopic (exact) mass is 514 g/mol. The molecule has 0 amide bonds. The molecule has 3 heterocycles. The summed E-state index contributed by atoms with van der Waals surface area (Å²) < 4.78 is 18.9. The number of benzene rings is 2. The number of rotatable bonds is 7. The Kier molecular flexibility index (Phi) is 6.66. The van der Waals surface area contributed by atoms with Gasteiger partial charge in [0.05, 0.1) is 27.7 Å². The molecule has 0 saturated heterocycles. The van der Waals surface area contributed by atoms with Crippen molar-refractivity contribution in [2.45, 2.75) is 51.1 Å². The van der Waals surface area contributed by atoms with Gasteiger partial charge in [-0.25, -0.2) is 4.98 Å². The predicted molar refractivity (Wildman–Crippen MR) is 148 cm³/mol. The first-order chi connectivity index (χ1) is 18.7. The molecule has 0 unspecified atom stereocenters. The minimum absolute atomic E-state index is 0.410. The highest BCUT2D eigenvalue weighted by Gasteiger charge is 2.25. The fraction of sp³-hybridized carbons (Fsp3) is 0.414. The van der Waals surface area contributed by atoms with Gasteiger partial charge in [0.15, 0.2) is 28.5 Å². The number of nitrogens with zero attached hydrogens (tertiary/aromatic N) is 5. The van der Waals surface area contributed by atoms with Gasteiger partial charge in [0.25, 0.3) is 0 Å². The molecule has 6 rings (SSSR count). The molecule has 0 bridgehead atoms. The fourth-order valence-corrected chi connectivity index (χ4v) is 5.72. The van der Waals surface area contributed by atoms with Gasteiger partial charge < -0.3 is 29.0 Å². The quantitative estimate of drug-likeness (QED) is 0.338. The molecule has 38 heavy (non-hydrogen) atoms. The Morgan fingerprint density at radius 3 is 2.34 bits per heavy atom. The molecule has 9 nitrogen and oxygen atoms in total. The number of ether oxygens (including phenoxy) is 3. The third kappa shape index (κ3) is 4.46. The van der Waals surface area contributed by atoms with E-state index >= 15 is 0 Å². The van der Waals surface area contributed by atoms with E-state index in [1.807, 2.05) is 18.5 Å². The molecule has 1 saturated carbocycles. The van der Waals surface area contributed by atoms with E-state index in [9.17, 15) is 0 Å². The summed E-state index contributed by atoms with van der Waals surface area (Å²) in [6.07, 6.45) is 8.98. The molecule has 0 radical (unpaired) electrons. The molecule has 2 aromatic heterocycles. The van der Waals surface area contributed by atoms with Gasteiger partial charge in [-0.3, -0.25) is 0 Å². The maximum Gasteiger partial charge on any atom is 0.229 e. The molecule has 9 heteroatoms. The SMILES string of the molecule is COc1cc(Nc2nc(N3CCc4ccccc4C3)nc3c2ncn3C2CCCCC2)cc(OC)c1OC. The fourth-order valence-electron chi connectivity index (χ4n) is 5.72. The molecule has 4 aromatic rings. The lowest BCUT2D eigenvalue weighted by atomic mass is 9.95. The number of nitrogens with one attached hydrogen (secondary N) is 1. The highest BCUT2D eigenvalue weighted by atomic mass is 16.5. The van der Waals surface area contributed by atoms with Gasteiger partial charge in [0.2, 0.25) is 11.7 Å². The van der Waals surface area contributed by atoms with Gasteiger partial charge in [0, 0.05) is 37.0 Å². The number of hydrogen-bond acceptors (Lipinski definition) is 8. The topological polar surface area (TPSA) is 86.6 Å². The van der Waals surface area contributed by atoms with Crippen LogP contribution in [0.3, 0.4) is 0 Å². The first kappa shape index (κ1) is 24.3. The van der Waals surface area contributed by atoms with Crippen molar-refractivity contribution < 1.29 is 14.2 Å². The summed E-state index contributed by atoms with van der Waals surface area (Å²) in [6, 6.07) is 12.8. The Hall–Kier alpha value is -4.01. The van der Waals surface area contributed by atoms with E-state index in [-0.39, 0.29) is 0 Å². The van der Waals surface area contributed by atoms with Crippen molar-refractivity contribution in [2.24, 2.45) is 0 Å². The second kappa shape index (κ2) is 10.4. The highest BCUT2D eigenvalue weighted by Crippen LogP contribution is 2.41. The van der Waals surface area contributed by atoms with Crippen LogP contribution in [-0.4, -0.2) is 47.4 Å². The van der Waals surface area contributed by atoms with E-state index in [2.05, 4.69) is 39.0 Å². The number of methoxy groups -OCH3 is 3. The van der Waals surface area contributed by atoms with Gasteiger partial charge in [0.1, 0.15) is 0 Å². The van der Waals surface area contributed by atoms with Crippen LogP contribution < -0.4 is 24.4 Å². The van der Waals surface area contributed by atoms with E-state index < -0.39 is 0 Å². The van der Waals surface area contributed by atoms with E-state index in [1.165, 1.54) is 30.4 Å². The van der Waals surface area contributed by atoms with Gasteiger partial charge >= 0.3 is 0 Å². The maximum atomic E-state index is 5.57. The zero-order valence-corrected chi connectivity index (χ0v) is 22.2. The minimum Gasteiger partial charge on any atom is -0.493 e. The lowest BCUT2D eigenvalue weighted by molar-refractivity contribution is 0.324. The standard InChI is InChI=1S/C29H34N6O3/c1-36-23-15-21(16-24(37-2)26(23)38-3)31-27-25-28(35(18-30-25)22-11-5-4-6-12-22)33-29(32-27)34-14-13-19-9-7-8-10-20(19)17-34/h7-10,15-16,18,22H,4-6,11-14,17H2,1-3H3,(H,31,32,33). The Bertz CT molecular complexity index is 1420. The molecular weight excluding hydrogens is 480 g/mol. The van der Waals surface area contributed by atoms with Crippen LogP contribution in [0.1, 0.15) is 49.3 Å². The van der Waals surface area contributed by atoms with Crippen molar-refractivity contribution >= 4 is 28.6 Å². The van der Waals surface area contributed by atoms with Crippen LogP contribution in [0.2, 0.25) is 0 Å². The van der Waals surface area contributed by atoms with Crippen molar-refractivity contribution in [1.82, 2.24) is 19.5 Å². The summed E-state index contributed by atoms with van der Waals surface area (Å²) in [5.74, 6) is 3.05. The number of aromatic nitrogens is 4. The van der Waals surface area contributed by atoms with E-state index in [0.29, 0.717) is 35.1 Å². The van der Waals surface area contributed by atoms with Gasteiger partial charge in [-0.1, -0.05) is 43.5 Å². The van der Waals surface area contributed by atoms with Crippen LogP contribution in [-0.2, 0) is 13.0 Å². The van der Waals surface area contributed by atoms with Crippen LogP contribution in [0.25, 0.3) is 11.2 Å². The van der Waals surface area contributed by atoms with Crippen LogP contribution in [0.15, 0.2) is 42.7 Å². The Morgan fingerprint density at radius 2 is 1.63 bits per heavy atom. The predicted octanol–water partition coefficient (Wildman–Crippen LogP) is 5.66. The molecule has 0 spiro atoms. The van der Waals surface area contributed by atoms with Crippen molar-refractivity contribution in [3.8, 4) is 17.2 Å². The van der Waals surface area contributed by atoms with E-state index in [4.69, 9.17) is 29.2 Å². The van der Waals surface area contributed by atoms with Gasteiger partial charge in [-0.15, -0.1) is 0 Å². The molecule has 1 aliphatic heterocycles. The zero-order chi connectivity index (χ0) is 26.1. The number of anilines is 3. The summed E-state index contributed by atoms with van der Waals surface area (Å²) in [5.41, 5.74) is 5.11. The van der Waals surface area contributed by atoms with Crippen LogP contribution in [0, 0.1) is 0 Å². The Morgan fingerprint density at radius 1 is 0.895 bits per heavy atom. The molecule has 0 atom stereocenters. The number of fused-ring (bicyclic) bond motifs is 2. The lowest BCUT2D eigenvalue weighted by Gasteiger charge is -2.29. The molecule has 198 valence electrons. The number of hydrogen-bond donors (Lipinski definition) is 1. The van der Waals surface area contributed by atoms with Gasteiger partial charge in [-0.05, 0) is 30.4 Å². The largest absolute Gasteiger partial charge is 0.493 e. The zero-order valence-electron chi connectivity index (χ0n) is 22.2. The normalized spacial score (nSPS) is 15.8. The van der Waals surface area contributed by atoms with Crippen molar-refractivity contribution in [3.05, 3.63) is 53.9 Å². The maximum absolute atomic E-state index is 5.57. The molecule has 1 fully saturated rings. The number of imidazole rings is 1. The summed E-state index contributed by atoms with van der Waals surface area (Å²) >= 11 is 0. The van der Waals surface area contributed by atoms with Crippen molar-refractivity contribution in [2.75, 3.05) is 38.1 Å². The van der Waals surface area contributed by atoms with Crippen LogP contribution >= 0.6 is 0 Å². The first-order valence-electron chi connectivity index (χ1n) is 13.3. The highest BCUT2D eigenvalue weighted by molar-refractivity contribution is 5.87. The van der Waals surface area contributed by atoms with Crippen LogP contribution in [0.5, 0.6) is 17.2 Å². The second-order valence-electron chi connectivity index (χ2n) is 9.97. The Labute approximate surface area is 222 Å². The average Bonchev–Trinajstić information content (AvgIpc) is 3.41. The summed E-state index contributed by atoms with van der Waals surface area (Å²) in [5, 5.41) is 3.49. The summed E-state index contributed by atoms with van der Waals surface area (Å²) in [7, 11) is 4.83. The first-order valence-corrected chi connectivity index (χ1v) is 13.3. The van der Waals surface area contributed by atoms with Crippen LogP contribution in [0.4, 0.5) is 17.5 Å². The van der Waals surface area contributed by atoms with E-state index in [0.717, 1.165) is 49.2 Å². The summed E-state index contributed by atoms with van der Waals surface area (Å²) in [4.78, 5) is 17.2. The molecule has 2 aromatic carbocycles. The van der Waals surface area contributed by atoms with Crippen molar-refractivity contribution in [1.29, 1.82) is 0 Å². The third-order valence-electron chi connectivity index (χ3n) is 7.72. The molecular formula is C29H34N6O3. The van der Waals surface area contributed by atoms with E-state index in [1.54, 1.807) is 21.3 Å².